The Morgan fingerprint density at radius 2 is 1.40 bits per heavy atom. The van der Waals surface area contributed by atoms with Crippen LogP contribution in [0.5, 0.6) is 0 Å². The third-order valence-electron chi connectivity index (χ3n) is 3.71. The molecule has 0 aromatic heterocycles. The van der Waals surface area contributed by atoms with Crippen molar-refractivity contribution in [3.63, 3.8) is 0 Å². The molecule has 0 unspecified atom stereocenters. The topological polar surface area (TPSA) is 178 Å². The smallest absolute Gasteiger partial charge is 0.321 e. The number of carbonyl (C=O) groups excluding carboxylic acids is 4. The monoisotopic (exact) mass is 451 g/mol. The molecule has 1 aliphatic heterocycles. The van der Waals surface area contributed by atoms with Gasteiger partial charge in [-0.05, 0) is 0 Å². The number of esters is 4. The van der Waals surface area contributed by atoms with Crippen molar-refractivity contribution in [1.29, 1.82) is 0 Å². The van der Waals surface area contributed by atoms with Crippen LogP contribution in [0.25, 0.3) is 0 Å². The van der Waals surface area contributed by atoms with Crippen LogP contribution in [0.3, 0.4) is 0 Å². The number of hydrogen-bond acceptors (Lipinski definition) is 12. The number of aliphatic carboxylic acids is 1. The molecule has 0 amide bonds. The van der Waals surface area contributed by atoms with E-state index in [4.69, 9.17) is 34.5 Å². The highest BCUT2D eigenvalue weighted by atomic mass is 32.2. The normalized spacial score (nSPS) is 26.8. The van der Waals surface area contributed by atoms with E-state index in [1.165, 1.54) is 0 Å². The number of carboxylic acids is 1. The van der Waals surface area contributed by atoms with Crippen molar-refractivity contribution in [1.82, 2.24) is 0 Å². The van der Waals surface area contributed by atoms with Crippen molar-refractivity contribution < 1.29 is 52.8 Å². The summed E-state index contributed by atoms with van der Waals surface area (Å²) in [6.45, 7) is 4.13. The zero-order chi connectivity index (χ0) is 23.0. The minimum absolute atomic E-state index is 0.136. The lowest BCUT2D eigenvalue weighted by Crippen LogP contribution is -2.61. The fraction of sp³-hybridized carbons (Fsp3) is 0.706. The van der Waals surface area contributed by atoms with Gasteiger partial charge in [-0.15, -0.1) is 11.8 Å². The SMILES string of the molecule is CC(=O)OC[C@H]1O[C@@H](SC[C@H](N)C(=O)O)[C@H](OC(C)=O)[C@@H](OC(C)=O)[C@H]1OC(C)=O. The summed E-state index contributed by atoms with van der Waals surface area (Å²) in [5.74, 6) is -4.27. The number of rotatable bonds is 9. The molecule has 3 N–H and O–H groups in total. The zero-order valence-electron chi connectivity index (χ0n) is 16.9. The molecule has 0 aliphatic carbocycles. The summed E-state index contributed by atoms with van der Waals surface area (Å²) in [4.78, 5) is 57.2. The fourth-order valence-electron chi connectivity index (χ4n) is 2.59. The Morgan fingerprint density at radius 3 is 1.87 bits per heavy atom. The van der Waals surface area contributed by atoms with Crippen LogP contribution < -0.4 is 5.73 Å². The van der Waals surface area contributed by atoms with Crippen molar-refractivity contribution in [3.8, 4) is 0 Å². The van der Waals surface area contributed by atoms with E-state index in [9.17, 15) is 24.0 Å². The molecule has 30 heavy (non-hydrogen) atoms. The van der Waals surface area contributed by atoms with Gasteiger partial charge in [-0.2, -0.15) is 0 Å². The number of thioether (sulfide) groups is 1. The molecule has 6 atom stereocenters. The molecule has 1 aliphatic rings. The fourth-order valence-corrected chi connectivity index (χ4v) is 3.75. The van der Waals surface area contributed by atoms with Gasteiger partial charge in [0.1, 0.15) is 24.2 Å². The summed E-state index contributed by atoms with van der Waals surface area (Å²) in [6, 6.07) is -1.25. The van der Waals surface area contributed by atoms with Gasteiger partial charge in [0, 0.05) is 33.4 Å². The van der Waals surface area contributed by atoms with E-state index in [0.29, 0.717) is 0 Å². The van der Waals surface area contributed by atoms with Gasteiger partial charge in [0.2, 0.25) is 0 Å². The summed E-state index contributed by atoms with van der Waals surface area (Å²) in [5.41, 5.74) is 4.45. The van der Waals surface area contributed by atoms with E-state index in [1.807, 2.05) is 0 Å². The van der Waals surface area contributed by atoms with E-state index in [1.54, 1.807) is 0 Å². The maximum atomic E-state index is 11.7. The summed E-state index contributed by atoms with van der Waals surface area (Å²) >= 11 is 0.896. The highest BCUT2D eigenvalue weighted by molar-refractivity contribution is 7.99. The average Bonchev–Trinajstić information content (AvgIpc) is 2.60. The highest BCUT2D eigenvalue weighted by Gasteiger charge is 2.52. The Labute approximate surface area is 176 Å². The Kier molecular flexibility index (Phi) is 10.0. The van der Waals surface area contributed by atoms with Crippen LogP contribution in [0.15, 0.2) is 0 Å². The predicted molar refractivity (Wildman–Crippen MR) is 100 cm³/mol. The second kappa shape index (κ2) is 11.7. The first-order chi connectivity index (χ1) is 13.9. The van der Waals surface area contributed by atoms with E-state index in [-0.39, 0.29) is 12.4 Å². The summed E-state index contributed by atoms with van der Waals surface area (Å²) in [5, 5.41) is 8.98. The van der Waals surface area contributed by atoms with Crippen molar-refractivity contribution in [2.24, 2.45) is 5.73 Å². The maximum absolute atomic E-state index is 11.7. The molecule has 0 spiro atoms. The lowest BCUT2D eigenvalue weighted by Gasteiger charge is -2.44. The Balaban J connectivity index is 3.27. The minimum atomic E-state index is -1.30. The Bertz CT molecular complexity index is 670. The van der Waals surface area contributed by atoms with Gasteiger partial charge in [0.05, 0.1) is 0 Å². The second-order valence-corrected chi connectivity index (χ2v) is 7.48. The lowest BCUT2D eigenvalue weighted by molar-refractivity contribution is -0.237. The molecular weight excluding hydrogens is 426 g/mol. The molecule has 0 saturated carbocycles. The molecule has 1 saturated heterocycles. The van der Waals surface area contributed by atoms with Crippen LogP contribution in [-0.2, 0) is 47.7 Å². The standard InChI is InChI=1S/C17H25NO11S/c1-7(19)25-5-12-13(26-8(2)20)14(27-9(3)21)15(28-10(4)22)17(29-12)30-6-11(18)16(23)24/h11-15,17H,5-6,18H2,1-4H3,(H,23,24)/t11-,12+,13-,14-,15+,17-/m0/s1. The first-order valence-corrected chi connectivity index (χ1v) is 9.87. The van der Waals surface area contributed by atoms with Gasteiger partial charge in [0.15, 0.2) is 18.3 Å². The molecule has 12 nitrogen and oxygen atoms in total. The summed E-state index contributed by atoms with van der Waals surface area (Å²) in [6.07, 6.45) is -4.91. The molecule has 0 radical (unpaired) electrons. The van der Waals surface area contributed by atoms with E-state index >= 15 is 0 Å². The van der Waals surface area contributed by atoms with Gasteiger partial charge in [-0.3, -0.25) is 24.0 Å². The number of carboxylic acid groups (broad SMARTS) is 1. The van der Waals surface area contributed by atoms with Crippen molar-refractivity contribution in [2.45, 2.75) is 63.6 Å². The molecule has 13 heteroatoms. The Hall–Kier alpha value is -2.38. The highest BCUT2D eigenvalue weighted by Crippen LogP contribution is 2.34. The predicted octanol–water partition coefficient (Wildman–Crippen LogP) is -0.785. The molecule has 1 rings (SSSR count). The average molecular weight is 451 g/mol. The number of ether oxygens (including phenoxy) is 5. The first kappa shape index (κ1) is 25.7. The molecule has 0 aromatic carbocycles. The van der Waals surface area contributed by atoms with E-state index < -0.39 is 65.7 Å². The van der Waals surface area contributed by atoms with Crippen molar-refractivity contribution >= 4 is 41.6 Å². The van der Waals surface area contributed by atoms with Crippen molar-refractivity contribution in [2.75, 3.05) is 12.4 Å². The summed E-state index contributed by atoms with van der Waals surface area (Å²) < 4.78 is 26.5. The lowest BCUT2D eigenvalue weighted by atomic mass is 9.99. The maximum Gasteiger partial charge on any atom is 0.321 e. The second-order valence-electron chi connectivity index (χ2n) is 6.35. The van der Waals surface area contributed by atoms with Crippen LogP contribution in [0.1, 0.15) is 27.7 Å². The molecule has 0 bridgehead atoms. The van der Waals surface area contributed by atoms with Gasteiger partial charge in [-0.25, -0.2) is 0 Å². The number of carbonyl (C=O) groups is 5. The van der Waals surface area contributed by atoms with Gasteiger partial charge < -0.3 is 34.5 Å². The molecule has 0 aromatic rings. The largest absolute Gasteiger partial charge is 0.480 e. The van der Waals surface area contributed by atoms with Crippen LogP contribution in [-0.4, -0.2) is 83.2 Å². The molecular formula is C17H25NO11S. The van der Waals surface area contributed by atoms with E-state index in [0.717, 1.165) is 39.5 Å². The van der Waals surface area contributed by atoms with E-state index in [2.05, 4.69) is 0 Å². The van der Waals surface area contributed by atoms with Crippen molar-refractivity contribution in [3.05, 3.63) is 0 Å². The number of hydrogen-bond donors (Lipinski definition) is 2. The third-order valence-corrected chi connectivity index (χ3v) is 4.96. The van der Waals surface area contributed by atoms with Crippen LogP contribution >= 0.6 is 11.8 Å². The van der Waals surface area contributed by atoms with Crippen LogP contribution in [0, 0.1) is 0 Å². The van der Waals surface area contributed by atoms with Crippen LogP contribution in [0.4, 0.5) is 0 Å². The van der Waals surface area contributed by atoms with Gasteiger partial charge in [0.25, 0.3) is 0 Å². The summed E-state index contributed by atoms with van der Waals surface area (Å²) in [7, 11) is 0. The Morgan fingerprint density at radius 1 is 0.900 bits per heavy atom. The van der Waals surface area contributed by atoms with Crippen LogP contribution in [0.2, 0.25) is 0 Å². The quantitative estimate of drug-likeness (QED) is 0.329. The zero-order valence-corrected chi connectivity index (χ0v) is 17.7. The molecule has 1 heterocycles. The van der Waals surface area contributed by atoms with Gasteiger partial charge >= 0.3 is 29.8 Å². The first-order valence-electron chi connectivity index (χ1n) is 8.82. The molecule has 1 fully saturated rings. The minimum Gasteiger partial charge on any atom is -0.480 e. The molecule has 170 valence electrons. The van der Waals surface area contributed by atoms with Gasteiger partial charge in [-0.1, -0.05) is 0 Å². The third kappa shape index (κ3) is 8.16. The number of nitrogens with two attached hydrogens (primary N) is 1.